The van der Waals surface area contributed by atoms with Crippen molar-refractivity contribution in [3.05, 3.63) is 35.0 Å². The lowest BCUT2D eigenvalue weighted by Crippen LogP contribution is -1.96. The first-order valence-corrected chi connectivity index (χ1v) is 5.51. The maximum atomic E-state index is 9.06. The summed E-state index contributed by atoms with van der Waals surface area (Å²) in [5, 5.41) is 13.9. The minimum atomic E-state index is -0.0796. The molecule has 5 heteroatoms. The zero-order chi connectivity index (χ0) is 12.4. The first kappa shape index (κ1) is 12.0. The molecular weight excluding hydrogens is 240 g/mol. The van der Waals surface area contributed by atoms with Gasteiger partial charge in [0.2, 0.25) is 0 Å². The molecule has 90 valence electrons. The highest BCUT2D eigenvalue weighted by atomic mass is 35.5. The lowest BCUT2D eigenvalue weighted by Gasteiger charge is -2.08. The molecule has 17 heavy (non-hydrogen) atoms. The molecule has 0 fully saturated rings. The van der Waals surface area contributed by atoms with E-state index in [0.717, 1.165) is 11.3 Å². The van der Waals surface area contributed by atoms with Gasteiger partial charge in [-0.25, -0.2) is 0 Å². The monoisotopic (exact) mass is 252 g/mol. The minimum absolute atomic E-state index is 0.0796. The number of hydrogen-bond acceptors (Lipinski definition) is 3. The van der Waals surface area contributed by atoms with Gasteiger partial charge in [-0.05, 0) is 24.3 Å². The Morgan fingerprint density at radius 1 is 1.41 bits per heavy atom. The fourth-order valence-corrected chi connectivity index (χ4v) is 1.89. The maximum Gasteiger partial charge on any atom is 0.129 e. The van der Waals surface area contributed by atoms with Gasteiger partial charge < -0.3 is 9.84 Å². The molecule has 0 saturated carbocycles. The third kappa shape index (κ3) is 2.28. The second-order valence-corrected chi connectivity index (χ2v) is 4.08. The van der Waals surface area contributed by atoms with Crippen LogP contribution in [0.1, 0.15) is 5.69 Å². The summed E-state index contributed by atoms with van der Waals surface area (Å²) in [7, 11) is 3.42. The van der Waals surface area contributed by atoms with Crippen LogP contribution >= 0.6 is 11.6 Å². The SMILES string of the molecule is COc1cc(Cl)ccc1-c1cc(CO)nn1C. The van der Waals surface area contributed by atoms with E-state index in [0.29, 0.717) is 16.5 Å². The number of aryl methyl sites for hydroxylation is 1. The molecule has 0 unspecified atom stereocenters. The van der Waals surface area contributed by atoms with Crippen LogP contribution in [0, 0.1) is 0 Å². The van der Waals surface area contributed by atoms with Crippen LogP contribution in [-0.4, -0.2) is 22.0 Å². The van der Waals surface area contributed by atoms with Crippen LogP contribution in [0.5, 0.6) is 5.75 Å². The van der Waals surface area contributed by atoms with E-state index in [-0.39, 0.29) is 6.61 Å². The van der Waals surface area contributed by atoms with E-state index >= 15 is 0 Å². The topological polar surface area (TPSA) is 47.3 Å². The second-order valence-electron chi connectivity index (χ2n) is 3.65. The van der Waals surface area contributed by atoms with Crippen molar-refractivity contribution in [1.29, 1.82) is 0 Å². The van der Waals surface area contributed by atoms with Crippen LogP contribution in [-0.2, 0) is 13.7 Å². The third-order valence-electron chi connectivity index (χ3n) is 2.53. The van der Waals surface area contributed by atoms with Crippen molar-refractivity contribution in [1.82, 2.24) is 9.78 Å². The van der Waals surface area contributed by atoms with Crippen molar-refractivity contribution < 1.29 is 9.84 Å². The number of nitrogens with zero attached hydrogens (tertiary/aromatic N) is 2. The molecule has 0 aliphatic carbocycles. The average molecular weight is 253 g/mol. The van der Waals surface area contributed by atoms with Crippen LogP contribution in [0.25, 0.3) is 11.3 Å². The van der Waals surface area contributed by atoms with E-state index in [4.69, 9.17) is 21.4 Å². The molecule has 2 rings (SSSR count). The van der Waals surface area contributed by atoms with Gasteiger partial charge in [0.1, 0.15) is 5.75 Å². The lowest BCUT2D eigenvalue weighted by atomic mass is 10.1. The quantitative estimate of drug-likeness (QED) is 0.911. The van der Waals surface area contributed by atoms with Crippen LogP contribution in [0.2, 0.25) is 5.02 Å². The second kappa shape index (κ2) is 4.77. The van der Waals surface area contributed by atoms with E-state index in [1.54, 1.807) is 23.9 Å². The van der Waals surface area contributed by atoms with Gasteiger partial charge in [-0.2, -0.15) is 5.10 Å². The van der Waals surface area contributed by atoms with E-state index in [1.807, 2.05) is 19.2 Å². The van der Waals surface area contributed by atoms with Gasteiger partial charge in [0.15, 0.2) is 0 Å². The van der Waals surface area contributed by atoms with Crippen LogP contribution in [0.15, 0.2) is 24.3 Å². The normalized spacial score (nSPS) is 10.6. The zero-order valence-corrected chi connectivity index (χ0v) is 10.4. The number of aliphatic hydroxyl groups is 1. The molecule has 0 radical (unpaired) electrons. The summed E-state index contributed by atoms with van der Waals surface area (Å²) in [5.41, 5.74) is 2.40. The van der Waals surface area contributed by atoms with E-state index in [9.17, 15) is 0 Å². The summed E-state index contributed by atoms with van der Waals surface area (Å²) in [6.07, 6.45) is 0. The maximum absolute atomic E-state index is 9.06. The Morgan fingerprint density at radius 2 is 2.18 bits per heavy atom. The van der Waals surface area contributed by atoms with Crippen LogP contribution in [0.3, 0.4) is 0 Å². The summed E-state index contributed by atoms with van der Waals surface area (Å²) in [5.74, 6) is 0.685. The first-order valence-electron chi connectivity index (χ1n) is 5.13. The molecule has 1 aromatic carbocycles. The number of halogens is 1. The van der Waals surface area contributed by atoms with Crippen molar-refractivity contribution in [2.45, 2.75) is 6.61 Å². The van der Waals surface area contributed by atoms with Gasteiger partial charge in [0, 0.05) is 17.6 Å². The molecule has 4 nitrogen and oxygen atoms in total. The fourth-order valence-electron chi connectivity index (χ4n) is 1.73. The predicted octanol–water partition coefficient (Wildman–Crippen LogP) is 2.24. The third-order valence-corrected chi connectivity index (χ3v) is 2.77. The molecule has 0 aliphatic rings. The van der Waals surface area contributed by atoms with Crippen molar-refractivity contribution in [3.8, 4) is 17.0 Å². The van der Waals surface area contributed by atoms with E-state index < -0.39 is 0 Å². The number of aromatic nitrogens is 2. The Balaban J connectivity index is 2.55. The highest BCUT2D eigenvalue weighted by Gasteiger charge is 2.12. The molecule has 1 aromatic heterocycles. The van der Waals surface area contributed by atoms with Gasteiger partial charge >= 0.3 is 0 Å². The fraction of sp³-hybridized carbons (Fsp3) is 0.250. The van der Waals surface area contributed by atoms with Gasteiger partial charge in [-0.1, -0.05) is 11.6 Å². The van der Waals surface area contributed by atoms with Crippen molar-refractivity contribution in [2.75, 3.05) is 7.11 Å². The summed E-state index contributed by atoms with van der Waals surface area (Å²) >= 11 is 5.91. The van der Waals surface area contributed by atoms with Crippen LogP contribution < -0.4 is 4.74 Å². The highest BCUT2D eigenvalue weighted by Crippen LogP contribution is 2.32. The largest absolute Gasteiger partial charge is 0.496 e. The molecule has 0 bridgehead atoms. The minimum Gasteiger partial charge on any atom is -0.496 e. The smallest absolute Gasteiger partial charge is 0.129 e. The molecule has 1 N–H and O–H groups in total. The first-order chi connectivity index (χ1) is 8.15. The molecule has 0 aliphatic heterocycles. The summed E-state index contributed by atoms with van der Waals surface area (Å²) in [6, 6.07) is 7.25. The van der Waals surface area contributed by atoms with Gasteiger partial charge in [-0.15, -0.1) is 0 Å². The van der Waals surface area contributed by atoms with Crippen molar-refractivity contribution >= 4 is 11.6 Å². The predicted molar refractivity (Wildman–Crippen MR) is 66.1 cm³/mol. The molecule has 0 spiro atoms. The van der Waals surface area contributed by atoms with Crippen LogP contribution in [0.4, 0.5) is 0 Å². The molecule has 1 heterocycles. The van der Waals surface area contributed by atoms with Gasteiger partial charge in [-0.3, -0.25) is 4.68 Å². The molecule has 2 aromatic rings. The summed E-state index contributed by atoms with van der Waals surface area (Å²) in [4.78, 5) is 0. The molecule has 0 saturated heterocycles. The molecule has 0 amide bonds. The molecule has 0 atom stereocenters. The van der Waals surface area contributed by atoms with Crippen molar-refractivity contribution in [3.63, 3.8) is 0 Å². The average Bonchev–Trinajstić information content (AvgIpc) is 2.70. The Kier molecular flexibility index (Phi) is 3.36. The standard InChI is InChI=1S/C12H13ClN2O2/c1-15-11(6-9(7-16)14-15)10-4-3-8(13)5-12(10)17-2/h3-6,16H,7H2,1-2H3. The highest BCUT2D eigenvalue weighted by molar-refractivity contribution is 6.30. The number of aliphatic hydroxyl groups excluding tert-OH is 1. The van der Waals surface area contributed by atoms with Gasteiger partial charge in [0.05, 0.1) is 25.1 Å². The summed E-state index contributed by atoms with van der Waals surface area (Å²) < 4.78 is 7.00. The lowest BCUT2D eigenvalue weighted by molar-refractivity contribution is 0.275. The Morgan fingerprint density at radius 3 is 2.76 bits per heavy atom. The summed E-state index contributed by atoms with van der Waals surface area (Å²) in [6.45, 7) is -0.0796. The Hall–Kier alpha value is -1.52. The van der Waals surface area contributed by atoms with E-state index in [2.05, 4.69) is 5.10 Å². The number of methoxy groups -OCH3 is 1. The number of benzene rings is 1. The van der Waals surface area contributed by atoms with Crippen molar-refractivity contribution in [2.24, 2.45) is 7.05 Å². The number of hydrogen-bond donors (Lipinski definition) is 1. The van der Waals surface area contributed by atoms with Gasteiger partial charge in [0.25, 0.3) is 0 Å². The van der Waals surface area contributed by atoms with E-state index in [1.165, 1.54) is 0 Å². The Labute approximate surface area is 104 Å². The number of ether oxygens (including phenoxy) is 1. The number of rotatable bonds is 3. The zero-order valence-electron chi connectivity index (χ0n) is 9.64. The molecular formula is C12H13ClN2O2. The Bertz CT molecular complexity index is 537.